The average molecular weight is 287 g/mol. The van der Waals surface area contributed by atoms with Gasteiger partial charge in [0.2, 0.25) is 5.91 Å². The third kappa shape index (κ3) is 3.37. The second-order valence-electron chi connectivity index (χ2n) is 4.74. The number of carbonyl (C=O) groups excluding carboxylic acids is 1. The van der Waals surface area contributed by atoms with Crippen LogP contribution in [-0.2, 0) is 4.79 Å². The summed E-state index contributed by atoms with van der Waals surface area (Å²) in [6.45, 7) is 0. The van der Waals surface area contributed by atoms with E-state index in [9.17, 15) is 4.79 Å². The van der Waals surface area contributed by atoms with E-state index in [1.807, 2.05) is 0 Å². The van der Waals surface area contributed by atoms with Gasteiger partial charge in [-0.05, 0) is 37.5 Å². The summed E-state index contributed by atoms with van der Waals surface area (Å²) in [5, 5.41) is 3.87. The maximum Gasteiger partial charge on any atom is 0.227 e. The lowest BCUT2D eigenvalue weighted by molar-refractivity contribution is -0.120. The van der Waals surface area contributed by atoms with Crippen molar-refractivity contribution in [3.63, 3.8) is 0 Å². The molecule has 0 aliphatic heterocycles. The molecule has 0 bridgehead atoms. The van der Waals surface area contributed by atoms with Gasteiger partial charge in [-0.15, -0.1) is 0 Å². The molecule has 2 atom stereocenters. The number of hydrogen-bond acceptors (Lipinski definition) is 2. The summed E-state index contributed by atoms with van der Waals surface area (Å²) in [6, 6.07) is 5.15. The molecule has 3 N–H and O–H groups in total. The number of anilines is 1. The van der Waals surface area contributed by atoms with Crippen LogP contribution in [-0.4, -0.2) is 11.9 Å². The average Bonchev–Trinajstić information content (AvgIpc) is 2.34. The van der Waals surface area contributed by atoms with E-state index in [1.165, 1.54) is 0 Å². The Bertz CT molecular complexity index is 451. The van der Waals surface area contributed by atoms with E-state index in [0.717, 1.165) is 25.7 Å². The van der Waals surface area contributed by atoms with Crippen molar-refractivity contribution in [1.29, 1.82) is 0 Å². The van der Waals surface area contributed by atoms with Crippen molar-refractivity contribution in [2.75, 3.05) is 5.32 Å². The van der Waals surface area contributed by atoms with Gasteiger partial charge in [0.05, 0.1) is 10.7 Å². The van der Waals surface area contributed by atoms with E-state index in [-0.39, 0.29) is 17.9 Å². The van der Waals surface area contributed by atoms with Crippen molar-refractivity contribution in [3.8, 4) is 0 Å². The lowest BCUT2D eigenvalue weighted by Crippen LogP contribution is -2.34. The Kier molecular flexibility index (Phi) is 4.49. The molecule has 98 valence electrons. The van der Waals surface area contributed by atoms with Gasteiger partial charge in [0, 0.05) is 17.0 Å². The number of nitrogens with two attached hydrogens (primary N) is 1. The molecule has 0 aromatic heterocycles. The van der Waals surface area contributed by atoms with E-state index in [4.69, 9.17) is 28.9 Å². The Hall–Kier alpha value is -0.770. The van der Waals surface area contributed by atoms with Crippen LogP contribution in [0.2, 0.25) is 10.0 Å². The lowest BCUT2D eigenvalue weighted by atomic mass is 9.85. The molecule has 1 aromatic carbocycles. The number of benzene rings is 1. The minimum atomic E-state index is -0.0243. The molecule has 0 saturated heterocycles. The standard InChI is InChI=1S/C13H16Cl2N2O/c14-9-4-5-11(15)12(7-9)17-13(18)8-2-1-3-10(16)6-8/h4-5,7-8,10H,1-3,6,16H2,(H,17,18). The predicted octanol–water partition coefficient (Wildman–Crippen LogP) is 3.45. The molecule has 2 unspecified atom stereocenters. The van der Waals surface area contributed by atoms with Crippen LogP contribution in [0.5, 0.6) is 0 Å². The molecule has 3 nitrogen and oxygen atoms in total. The summed E-state index contributed by atoms with van der Waals surface area (Å²) in [7, 11) is 0. The van der Waals surface area contributed by atoms with Crippen molar-refractivity contribution < 1.29 is 4.79 Å². The molecule has 1 saturated carbocycles. The first-order chi connectivity index (χ1) is 8.56. The lowest BCUT2D eigenvalue weighted by Gasteiger charge is -2.25. The molecule has 2 rings (SSSR count). The van der Waals surface area contributed by atoms with Crippen LogP contribution in [0, 0.1) is 5.92 Å². The van der Waals surface area contributed by atoms with Gasteiger partial charge >= 0.3 is 0 Å². The van der Waals surface area contributed by atoms with Crippen molar-refractivity contribution in [2.24, 2.45) is 11.7 Å². The molecular weight excluding hydrogens is 271 g/mol. The normalized spacial score (nSPS) is 23.7. The van der Waals surface area contributed by atoms with Gasteiger partial charge in [-0.25, -0.2) is 0 Å². The fraction of sp³-hybridized carbons (Fsp3) is 0.462. The topological polar surface area (TPSA) is 55.1 Å². The number of rotatable bonds is 2. The van der Waals surface area contributed by atoms with Crippen LogP contribution in [0.3, 0.4) is 0 Å². The smallest absolute Gasteiger partial charge is 0.227 e. The molecule has 5 heteroatoms. The number of hydrogen-bond donors (Lipinski definition) is 2. The van der Waals surface area contributed by atoms with Crippen LogP contribution < -0.4 is 11.1 Å². The second-order valence-corrected chi connectivity index (χ2v) is 5.58. The van der Waals surface area contributed by atoms with E-state index in [1.54, 1.807) is 18.2 Å². The Morgan fingerprint density at radius 3 is 2.83 bits per heavy atom. The minimum absolute atomic E-state index is 0.0192. The van der Waals surface area contributed by atoms with Crippen LogP contribution in [0.15, 0.2) is 18.2 Å². The maximum absolute atomic E-state index is 12.1. The second kappa shape index (κ2) is 5.91. The van der Waals surface area contributed by atoms with Gasteiger partial charge in [-0.2, -0.15) is 0 Å². The number of nitrogens with one attached hydrogen (secondary N) is 1. The highest BCUT2D eigenvalue weighted by Gasteiger charge is 2.25. The molecule has 1 aliphatic carbocycles. The third-order valence-corrected chi connectivity index (χ3v) is 3.84. The van der Waals surface area contributed by atoms with Crippen LogP contribution in [0.25, 0.3) is 0 Å². The van der Waals surface area contributed by atoms with E-state index in [0.29, 0.717) is 15.7 Å². The van der Waals surface area contributed by atoms with E-state index < -0.39 is 0 Å². The maximum atomic E-state index is 12.1. The zero-order valence-corrected chi connectivity index (χ0v) is 11.5. The van der Waals surface area contributed by atoms with E-state index in [2.05, 4.69) is 5.32 Å². The summed E-state index contributed by atoms with van der Waals surface area (Å²) in [5.41, 5.74) is 6.45. The first-order valence-corrected chi connectivity index (χ1v) is 6.83. The fourth-order valence-corrected chi connectivity index (χ4v) is 2.63. The minimum Gasteiger partial charge on any atom is -0.328 e. The SMILES string of the molecule is NC1CCCC(C(=O)Nc2cc(Cl)ccc2Cl)C1. The Morgan fingerprint density at radius 1 is 1.33 bits per heavy atom. The molecule has 0 radical (unpaired) electrons. The van der Waals surface area contributed by atoms with Gasteiger partial charge in [0.1, 0.15) is 0 Å². The van der Waals surface area contributed by atoms with Crippen LogP contribution in [0.4, 0.5) is 5.69 Å². The summed E-state index contributed by atoms with van der Waals surface area (Å²) in [4.78, 5) is 12.1. The molecular formula is C13H16Cl2N2O. The van der Waals surface area contributed by atoms with Crippen LogP contribution >= 0.6 is 23.2 Å². The number of carbonyl (C=O) groups is 1. The zero-order chi connectivity index (χ0) is 13.1. The van der Waals surface area contributed by atoms with Crippen molar-refractivity contribution in [1.82, 2.24) is 0 Å². The number of halogens is 2. The first-order valence-electron chi connectivity index (χ1n) is 6.08. The number of amides is 1. The van der Waals surface area contributed by atoms with Crippen molar-refractivity contribution >= 4 is 34.8 Å². The molecule has 0 spiro atoms. The monoisotopic (exact) mass is 286 g/mol. The van der Waals surface area contributed by atoms with Gasteiger partial charge in [-0.3, -0.25) is 4.79 Å². The Morgan fingerprint density at radius 2 is 2.11 bits per heavy atom. The van der Waals surface area contributed by atoms with Crippen molar-refractivity contribution in [3.05, 3.63) is 28.2 Å². The summed E-state index contributed by atoms with van der Waals surface area (Å²) < 4.78 is 0. The molecule has 1 amide bonds. The van der Waals surface area contributed by atoms with Gasteiger partial charge in [-0.1, -0.05) is 29.6 Å². The molecule has 0 heterocycles. The molecule has 1 aliphatic rings. The van der Waals surface area contributed by atoms with Gasteiger partial charge < -0.3 is 11.1 Å². The van der Waals surface area contributed by atoms with Crippen LogP contribution in [0.1, 0.15) is 25.7 Å². The quantitative estimate of drug-likeness (QED) is 0.875. The summed E-state index contributed by atoms with van der Waals surface area (Å²) in [6.07, 6.45) is 3.63. The highest BCUT2D eigenvalue weighted by Crippen LogP contribution is 2.28. The Labute approximate surface area is 117 Å². The highest BCUT2D eigenvalue weighted by molar-refractivity contribution is 6.35. The Balaban J connectivity index is 2.04. The van der Waals surface area contributed by atoms with E-state index >= 15 is 0 Å². The summed E-state index contributed by atoms with van der Waals surface area (Å²) in [5.74, 6) is -0.0434. The predicted molar refractivity (Wildman–Crippen MR) is 75.0 cm³/mol. The fourth-order valence-electron chi connectivity index (χ4n) is 2.29. The zero-order valence-electron chi connectivity index (χ0n) is 9.96. The van der Waals surface area contributed by atoms with Gasteiger partial charge in [0.15, 0.2) is 0 Å². The molecule has 1 fully saturated rings. The largest absolute Gasteiger partial charge is 0.328 e. The molecule has 1 aromatic rings. The molecule has 18 heavy (non-hydrogen) atoms. The first kappa shape index (κ1) is 13.7. The highest BCUT2D eigenvalue weighted by atomic mass is 35.5. The third-order valence-electron chi connectivity index (χ3n) is 3.27. The van der Waals surface area contributed by atoms with Crippen molar-refractivity contribution in [2.45, 2.75) is 31.7 Å². The summed E-state index contributed by atoms with van der Waals surface area (Å²) >= 11 is 11.9. The van der Waals surface area contributed by atoms with Gasteiger partial charge in [0.25, 0.3) is 0 Å².